The molecule has 0 aromatic carbocycles. The smallest absolute Gasteiger partial charge is 0.276 e. The van der Waals surface area contributed by atoms with E-state index in [-0.39, 0.29) is 5.91 Å². The van der Waals surface area contributed by atoms with Crippen molar-refractivity contribution in [3.63, 3.8) is 0 Å². The van der Waals surface area contributed by atoms with E-state index in [2.05, 4.69) is 20.7 Å². The highest BCUT2D eigenvalue weighted by Gasteiger charge is 2.35. The van der Waals surface area contributed by atoms with Crippen molar-refractivity contribution < 1.29 is 4.79 Å². The van der Waals surface area contributed by atoms with Crippen LogP contribution in [0.1, 0.15) is 36.2 Å². The molecule has 18 heavy (non-hydrogen) atoms. The molecule has 6 heteroatoms. The minimum atomic E-state index is 0.0322. The standard InChI is InChI=1S/C12H19N5O/c18-12(11-7-14-16-15-11)17(10-1-2-10)8-9-3-5-13-6-4-9/h7,9-10,13H,1-6,8H2,(H,14,15,16). The van der Waals surface area contributed by atoms with Crippen molar-refractivity contribution in [2.75, 3.05) is 19.6 Å². The zero-order chi connectivity index (χ0) is 12.4. The van der Waals surface area contributed by atoms with Gasteiger partial charge in [-0.15, -0.1) is 0 Å². The van der Waals surface area contributed by atoms with Crippen LogP contribution < -0.4 is 5.32 Å². The molecule has 2 N–H and O–H groups in total. The van der Waals surface area contributed by atoms with Crippen molar-refractivity contribution in [3.05, 3.63) is 11.9 Å². The Bertz CT molecular complexity index is 395. The van der Waals surface area contributed by atoms with Gasteiger partial charge in [-0.3, -0.25) is 4.79 Å². The van der Waals surface area contributed by atoms with Crippen molar-refractivity contribution in [2.24, 2.45) is 5.92 Å². The number of nitrogens with zero attached hydrogens (tertiary/aromatic N) is 3. The zero-order valence-electron chi connectivity index (χ0n) is 10.4. The third-order valence-electron chi connectivity index (χ3n) is 3.80. The minimum absolute atomic E-state index is 0.0322. The fraction of sp³-hybridized carbons (Fsp3) is 0.750. The van der Waals surface area contributed by atoms with Gasteiger partial charge < -0.3 is 10.2 Å². The number of aromatic amines is 1. The molecule has 0 unspecified atom stereocenters. The van der Waals surface area contributed by atoms with Crippen LogP contribution in [0.3, 0.4) is 0 Å². The summed E-state index contributed by atoms with van der Waals surface area (Å²) in [5.74, 6) is 0.660. The predicted octanol–water partition coefficient (Wildman–Crippen LogP) is 0.409. The lowest BCUT2D eigenvalue weighted by Crippen LogP contribution is -2.40. The Morgan fingerprint density at radius 3 is 2.72 bits per heavy atom. The molecule has 1 aromatic rings. The third-order valence-corrected chi connectivity index (χ3v) is 3.80. The Labute approximate surface area is 106 Å². The van der Waals surface area contributed by atoms with E-state index in [1.807, 2.05) is 4.90 Å². The fourth-order valence-corrected chi connectivity index (χ4v) is 2.58. The first-order valence-corrected chi connectivity index (χ1v) is 6.72. The molecule has 0 bridgehead atoms. The highest BCUT2D eigenvalue weighted by atomic mass is 16.2. The van der Waals surface area contributed by atoms with Crippen LogP contribution >= 0.6 is 0 Å². The van der Waals surface area contributed by atoms with Crippen LogP contribution in [0.2, 0.25) is 0 Å². The third kappa shape index (κ3) is 2.53. The van der Waals surface area contributed by atoms with Gasteiger partial charge in [0.1, 0.15) is 0 Å². The molecule has 0 radical (unpaired) electrons. The van der Waals surface area contributed by atoms with E-state index in [1.54, 1.807) is 0 Å². The molecule has 1 saturated carbocycles. The molecule has 2 aliphatic rings. The number of carbonyl (C=O) groups is 1. The van der Waals surface area contributed by atoms with Crippen LogP contribution in [-0.4, -0.2) is 51.9 Å². The first-order chi connectivity index (χ1) is 8.84. The van der Waals surface area contributed by atoms with E-state index in [4.69, 9.17) is 0 Å². The first kappa shape index (κ1) is 11.6. The van der Waals surface area contributed by atoms with Crippen molar-refractivity contribution >= 4 is 5.91 Å². The number of H-pyrrole nitrogens is 1. The van der Waals surface area contributed by atoms with Crippen LogP contribution in [0.15, 0.2) is 6.20 Å². The van der Waals surface area contributed by atoms with E-state index in [0.29, 0.717) is 17.7 Å². The second-order valence-corrected chi connectivity index (χ2v) is 5.24. The lowest BCUT2D eigenvalue weighted by Gasteiger charge is -2.29. The van der Waals surface area contributed by atoms with E-state index < -0.39 is 0 Å². The summed E-state index contributed by atoms with van der Waals surface area (Å²) in [6.45, 7) is 3.01. The maximum atomic E-state index is 12.3. The van der Waals surface area contributed by atoms with Gasteiger partial charge >= 0.3 is 0 Å². The summed E-state index contributed by atoms with van der Waals surface area (Å²) < 4.78 is 0. The van der Waals surface area contributed by atoms with Crippen LogP contribution in [0, 0.1) is 5.92 Å². The van der Waals surface area contributed by atoms with Crippen molar-refractivity contribution in [3.8, 4) is 0 Å². The van der Waals surface area contributed by atoms with Gasteiger partial charge in [0.05, 0.1) is 6.20 Å². The Morgan fingerprint density at radius 1 is 1.33 bits per heavy atom. The summed E-state index contributed by atoms with van der Waals surface area (Å²) in [5.41, 5.74) is 0.441. The van der Waals surface area contributed by atoms with Gasteiger partial charge in [0.15, 0.2) is 5.69 Å². The van der Waals surface area contributed by atoms with E-state index in [0.717, 1.165) is 45.3 Å². The maximum Gasteiger partial charge on any atom is 0.276 e. The van der Waals surface area contributed by atoms with E-state index in [1.165, 1.54) is 6.20 Å². The Kier molecular flexibility index (Phi) is 3.27. The number of aromatic nitrogens is 3. The number of rotatable bonds is 4. The molecule has 3 rings (SSSR count). The zero-order valence-corrected chi connectivity index (χ0v) is 10.4. The Morgan fingerprint density at radius 2 is 2.11 bits per heavy atom. The quantitative estimate of drug-likeness (QED) is 0.810. The molecule has 0 atom stereocenters. The monoisotopic (exact) mass is 249 g/mol. The Hall–Kier alpha value is -1.43. The summed E-state index contributed by atoms with van der Waals surface area (Å²) in [5, 5.41) is 13.5. The molecule has 1 saturated heterocycles. The van der Waals surface area contributed by atoms with Crippen molar-refractivity contribution in [2.45, 2.75) is 31.7 Å². The summed E-state index contributed by atoms with van der Waals surface area (Å²) >= 11 is 0. The van der Waals surface area contributed by atoms with Gasteiger partial charge in [-0.2, -0.15) is 15.4 Å². The molecule has 2 fully saturated rings. The summed E-state index contributed by atoms with van der Waals surface area (Å²) in [6.07, 6.45) is 6.11. The highest BCUT2D eigenvalue weighted by molar-refractivity contribution is 5.92. The Balaban J connectivity index is 1.66. The number of carbonyl (C=O) groups excluding carboxylic acids is 1. The molecule has 0 spiro atoms. The summed E-state index contributed by atoms with van der Waals surface area (Å²) in [7, 11) is 0. The SMILES string of the molecule is O=C(c1cn[nH]n1)N(CC1CCNCC1)C1CC1. The number of piperidine rings is 1. The molecule has 2 heterocycles. The average molecular weight is 249 g/mol. The van der Waals surface area contributed by atoms with Crippen LogP contribution in [0.25, 0.3) is 0 Å². The number of hydrogen-bond acceptors (Lipinski definition) is 4. The summed E-state index contributed by atoms with van der Waals surface area (Å²) in [4.78, 5) is 14.4. The van der Waals surface area contributed by atoms with Gasteiger partial charge in [0.25, 0.3) is 5.91 Å². The van der Waals surface area contributed by atoms with E-state index >= 15 is 0 Å². The lowest BCUT2D eigenvalue weighted by molar-refractivity contribution is 0.0695. The van der Waals surface area contributed by atoms with Gasteiger partial charge in [0, 0.05) is 12.6 Å². The first-order valence-electron chi connectivity index (χ1n) is 6.72. The molecule has 1 aromatic heterocycles. The second kappa shape index (κ2) is 5.06. The lowest BCUT2D eigenvalue weighted by atomic mass is 9.97. The molecule has 98 valence electrons. The molecule has 6 nitrogen and oxygen atoms in total. The fourth-order valence-electron chi connectivity index (χ4n) is 2.58. The van der Waals surface area contributed by atoms with Crippen LogP contribution in [0.4, 0.5) is 0 Å². The number of nitrogens with one attached hydrogen (secondary N) is 2. The number of hydrogen-bond donors (Lipinski definition) is 2. The molecule has 1 aliphatic heterocycles. The maximum absolute atomic E-state index is 12.3. The topological polar surface area (TPSA) is 73.9 Å². The van der Waals surface area contributed by atoms with Gasteiger partial charge in [-0.05, 0) is 44.7 Å². The van der Waals surface area contributed by atoms with Crippen LogP contribution in [0.5, 0.6) is 0 Å². The minimum Gasteiger partial charge on any atom is -0.334 e. The normalized spacial score (nSPS) is 20.9. The van der Waals surface area contributed by atoms with Crippen LogP contribution in [-0.2, 0) is 0 Å². The molecular formula is C12H19N5O. The van der Waals surface area contributed by atoms with Gasteiger partial charge in [-0.1, -0.05) is 0 Å². The largest absolute Gasteiger partial charge is 0.334 e. The van der Waals surface area contributed by atoms with Gasteiger partial charge in [0.2, 0.25) is 0 Å². The second-order valence-electron chi connectivity index (χ2n) is 5.24. The predicted molar refractivity (Wildman–Crippen MR) is 66.0 cm³/mol. The average Bonchev–Trinajstić information content (AvgIpc) is 3.10. The highest BCUT2D eigenvalue weighted by Crippen LogP contribution is 2.30. The van der Waals surface area contributed by atoms with E-state index in [9.17, 15) is 4.79 Å². The van der Waals surface area contributed by atoms with Crippen molar-refractivity contribution in [1.29, 1.82) is 0 Å². The van der Waals surface area contributed by atoms with Crippen molar-refractivity contribution in [1.82, 2.24) is 25.6 Å². The number of amides is 1. The molecule has 1 amide bonds. The van der Waals surface area contributed by atoms with Gasteiger partial charge in [-0.25, -0.2) is 0 Å². The summed E-state index contributed by atoms with van der Waals surface area (Å²) in [6, 6.07) is 0.434. The molecule has 1 aliphatic carbocycles. The molecular weight excluding hydrogens is 230 g/mol.